The van der Waals surface area contributed by atoms with Crippen molar-refractivity contribution in [1.29, 1.82) is 0 Å². The molecule has 0 aliphatic carbocycles. The highest BCUT2D eigenvalue weighted by Gasteiger charge is 2.65. The van der Waals surface area contributed by atoms with Crippen LogP contribution in [0.5, 0.6) is 5.75 Å². The van der Waals surface area contributed by atoms with Gasteiger partial charge in [0, 0.05) is 11.1 Å². The molecule has 0 bridgehead atoms. The second-order valence-corrected chi connectivity index (χ2v) is 6.18. The Morgan fingerprint density at radius 2 is 1.73 bits per heavy atom. The minimum Gasteiger partial charge on any atom is -0.497 e. The van der Waals surface area contributed by atoms with Crippen LogP contribution in [0.1, 0.15) is 26.3 Å². The maximum absolute atomic E-state index is 13.7. The lowest BCUT2D eigenvalue weighted by atomic mass is 9.91. The van der Waals surface area contributed by atoms with Crippen molar-refractivity contribution in [2.24, 2.45) is 0 Å². The molecule has 1 heterocycles. The Balaban J connectivity index is 2.49. The number of amides is 1. The molecule has 7 heteroatoms. The van der Waals surface area contributed by atoms with E-state index in [9.17, 15) is 18.0 Å². The molecule has 1 unspecified atom stereocenters. The highest BCUT2D eigenvalue weighted by molar-refractivity contribution is 5.72. The molecule has 0 saturated carbocycles. The van der Waals surface area contributed by atoms with Gasteiger partial charge >= 0.3 is 12.3 Å². The largest absolute Gasteiger partial charge is 0.497 e. The molecule has 4 nitrogen and oxygen atoms in total. The molecule has 1 aromatic carbocycles. The van der Waals surface area contributed by atoms with E-state index in [0.717, 1.165) is 4.90 Å². The number of hydrogen-bond acceptors (Lipinski definition) is 3. The van der Waals surface area contributed by atoms with Gasteiger partial charge in [-0.05, 0) is 32.9 Å². The highest BCUT2D eigenvalue weighted by atomic mass is 19.4. The summed E-state index contributed by atoms with van der Waals surface area (Å²) in [6.45, 7) is 4.41. The van der Waals surface area contributed by atoms with E-state index in [-0.39, 0.29) is 5.56 Å². The van der Waals surface area contributed by atoms with E-state index in [1.807, 2.05) is 0 Å². The van der Waals surface area contributed by atoms with Crippen LogP contribution >= 0.6 is 0 Å². The summed E-state index contributed by atoms with van der Waals surface area (Å²) in [5.41, 5.74) is -3.55. The second-order valence-electron chi connectivity index (χ2n) is 6.18. The summed E-state index contributed by atoms with van der Waals surface area (Å²) in [4.78, 5) is 13.0. The molecule has 0 N–H and O–H groups in total. The first-order valence-electron chi connectivity index (χ1n) is 6.73. The molecule has 0 spiro atoms. The average Bonchev–Trinajstić information content (AvgIpc) is 2.77. The smallest absolute Gasteiger partial charge is 0.434 e. The van der Waals surface area contributed by atoms with Crippen LogP contribution in [-0.2, 0) is 10.3 Å². The maximum Gasteiger partial charge on any atom is 0.434 e. The number of hydrogen-bond donors (Lipinski definition) is 0. The third-order valence-corrected chi connectivity index (χ3v) is 3.69. The van der Waals surface area contributed by atoms with Crippen LogP contribution < -0.4 is 4.74 Å². The predicted molar refractivity (Wildman–Crippen MR) is 73.7 cm³/mol. The van der Waals surface area contributed by atoms with Crippen molar-refractivity contribution >= 4 is 6.09 Å². The van der Waals surface area contributed by atoms with E-state index in [4.69, 9.17) is 9.47 Å². The molecule has 1 atom stereocenters. The van der Waals surface area contributed by atoms with Gasteiger partial charge in [-0.25, -0.2) is 4.79 Å². The van der Waals surface area contributed by atoms with E-state index in [2.05, 4.69) is 0 Å². The maximum atomic E-state index is 13.7. The molecule has 0 radical (unpaired) electrons. The average molecular weight is 317 g/mol. The Bertz CT molecular complexity index is 563. The van der Waals surface area contributed by atoms with E-state index < -0.39 is 30.0 Å². The summed E-state index contributed by atoms with van der Waals surface area (Å²) in [6.07, 6.45) is -5.70. The zero-order valence-electron chi connectivity index (χ0n) is 12.8. The third kappa shape index (κ3) is 2.60. The van der Waals surface area contributed by atoms with Crippen molar-refractivity contribution in [1.82, 2.24) is 4.90 Å². The van der Waals surface area contributed by atoms with Gasteiger partial charge in [0.2, 0.25) is 0 Å². The monoisotopic (exact) mass is 317 g/mol. The molecule has 122 valence electrons. The lowest BCUT2D eigenvalue weighted by Gasteiger charge is -2.32. The Kier molecular flexibility index (Phi) is 3.79. The number of cyclic esters (lactones) is 1. The predicted octanol–water partition coefficient (Wildman–Crippen LogP) is 3.70. The lowest BCUT2D eigenvalue weighted by molar-refractivity contribution is -0.251. The van der Waals surface area contributed by atoms with Crippen molar-refractivity contribution < 1.29 is 27.4 Å². The van der Waals surface area contributed by atoms with Crippen molar-refractivity contribution in [3.8, 4) is 5.75 Å². The molecular weight excluding hydrogens is 299 g/mol. The van der Waals surface area contributed by atoms with Crippen LogP contribution in [0.3, 0.4) is 0 Å². The fraction of sp³-hybridized carbons (Fsp3) is 0.533. The normalized spacial score (nSPS) is 22.7. The quantitative estimate of drug-likeness (QED) is 0.835. The van der Waals surface area contributed by atoms with Crippen LogP contribution in [0.25, 0.3) is 0 Å². The third-order valence-electron chi connectivity index (χ3n) is 3.69. The zero-order valence-corrected chi connectivity index (χ0v) is 12.8. The second kappa shape index (κ2) is 5.07. The van der Waals surface area contributed by atoms with Gasteiger partial charge in [-0.15, -0.1) is 0 Å². The van der Waals surface area contributed by atoms with Gasteiger partial charge in [0.25, 0.3) is 5.60 Å². The number of rotatable bonds is 2. The molecule has 1 aliphatic rings. The summed E-state index contributed by atoms with van der Waals surface area (Å²) in [7, 11) is 1.42. The number of halogens is 3. The molecule has 1 amide bonds. The van der Waals surface area contributed by atoms with Gasteiger partial charge in [-0.1, -0.05) is 12.1 Å². The number of nitrogens with zero attached hydrogens (tertiary/aromatic N) is 1. The fourth-order valence-corrected chi connectivity index (χ4v) is 2.36. The zero-order chi connectivity index (χ0) is 16.8. The van der Waals surface area contributed by atoms with Crippen LogP contribution in [0, 0.1) is 0 Å². The minimum atomic E-state index is -4.72. The van der Waals surface area contributed by atoms with E-state index >= 15 is 0 Å². The van der Waals surface area contributed by atoms with Gasteiger partial charge in [-0.3, -0.25) is 4.90 Å². The Labute approximate surface area is 126 Å². The minimum absolute atomic E-state index is 0.124. The number of ether oxygens (including phenoxy) is 2. The SMILES string of the molecule is COc1ccc(C2(C(F)(F)F)CN(C(C)(C)C)C(=O)O2)cc1. The van der Waals surface area contributed by atoms with Gasteiger partial charge in [0.05, 0.1) is 13.7 Å². The van der Waals surface area contributed by atoms with Gasteiger partial charge < -0.3 is 9.47 Å². The number of carbonyl (C=O) groups is 1. The van der Waals surface area contributed by atoms with Crippen LogP contribution in [0.15, 0.2) is 24.3 Å². The first-order chi connectivity index (χ1) is 10.0. The van der Waals surface area contributed by atoms with Crippen molar-refractivity contribution in [2.75, 3.05) is 13.7 Å². The van der Waals surface area contributed by atoms with E-state index in [1.165, 1.54) is 31.4 Å². The number of alkyl halides is 3. The molecule has 0 aromatic heterocycles. The topological polar surface area (TPSA) is 38.8 Å². The van der Waals surface area contributed by atoms with Crippen LogP contribution in [0.4, 0.5) is 18.0 Å². The molecule has 1 fully saturated rings. The summed E-state index contributed by atoms with van der Waals surface area (Å²) in [6, 6.07) is 5.37. The fourth-order valence-electron chi connectivity index (χ4n) is 2.36. The first kappa shape index (κ1) is 16.5. The van der Waals surface area contributed by atoms with Gasteiger partial charge in [0.1, 0.15) is 5.75 Å². The molecule has 22 heavy (non-hydrogen) atoms. The molecular formula is C15H18F3NO3. The number of methoxy groups -OCH3 is 1. The lowest BCUT2D eigenvalue weighted by Crippen LogP contribution is -2.48. The van der Waals surface area contributed by atoms with E-state index in [1.54, 1.807) is 20.8 Å². The van der Waals surface area contributed by atoms with Crippen molar-refractivity contribution in [2.45, 2.75) is 38.1 Å². The Morgan fingerprint density at radius 3 is 2.09 bits per heavy atom. The Hall–Kier alpha value is -1.92. The standard InChI is InChI=1S/C15H18F3NO3/c1-13(2,3)19-9-14(15(16,17)18,22-12(19)20)10-5-7-11(21-4)8-6-10/h5-8H,9H2,1-4H3. The van der Waals surface area contributed by atoms with Crippen molar-refractivity contribution in [3.05, 3.63) is 29.8 Å². The van der Waals surface area contributed by atoms with Crippen molar-refractivity contribution in [3.63, 3.8) is 0 Å². The highest BCUT2D eigenvalue weighted by Crippen LogP contribution is 2.48. The first-order valence-corrected chi connectivity index (χ1v) is 6.73. The van der Waals surface area contributed by atoms with E-state index in [0.29, 0.717) is 5.75 Å². The molecule has 1 saturated heterocycles. The summed E-state index contributed by atoms with van der Waals surface area (Å²) >= 11 is 0. The molecule has 2 rings (SSSR count). The molecule has 1 aromatic rings. The van der Waals surface area contributed by atoms with Crippen LogP contribution in [-0.4, -0.2) is 36.4 Å². The number of benzene rings is 1. The summed E-state index contributed by atoms with van der Waals surface area (Å²) in [5.74, 6) is 0.429. The summed E-state index contributed by atoms with van der Waals surface area (Å²) < 4.78 is 50.8. The number of carbonyl (C=O) groups excluding carboxylic acids is 1. The van der Waals surface area contributed by atoms with Gasteiger partial charge in [-0.2, -0.15) is 13.2 Å². The Morgan fingerprint density at radius 1 is 1.18 bits per heavy atom. The summed E-state index contributed by atoms with van der Waals surface area (Å²) in [5, 5.41) is 0. The molecule has 1 aliphatic heterocycles. The van der Waals surface area contributed by atoms with Crippen LogP contribution in [0.2, 0.25) is 0 Å². The van der Waals surface area contributed by atoms with Gasteiger partial charge in [0.15, 0.2) is 0 Å².